The predicted octanol–water partition coefficient (Wildman–Crippen LogP) is 0.487. The van der Waals surface area contributed by atoms with Crippen LogP contribution in [0.15, 0.2) is 23.4 Å². The average Bonchev–Trinajstić information content (AvgIpc) is 2.49. The van der Waals surface area contributed by atoms with Crippen molar-refractivity contribution in [1.82, 2.24) is 9.71 Å². The molecule has 0 amide bonds. The number of methoxy groups -OCH3 is 1. The summed E-state index contributed by atoms with van der Waals surface area (Å²) in [5.74, 6) is 5.43. The SMILES string of the molecule is COCCCCCNS(=O)(=O)c1cncc(C#CCN)c1. The molecular formula is C14H21N3O3S. The fraction of sp³-hybridized carbons (Fsp3) is 0.500. The third-order valence-corrected chi connectivity index (χ3v) is 4.10. The Morgan fingerprint density at radius 2 is 2.14 bits per heavy atom. The number of nitrogens with two attached hydrogens (primary N) is 1. The molecule has 1 aromatic heterocycles. The third kappa shape index (κ3) is 6.69. The zero-order valence-corrected chi connectivity index (χ0v) is 12.9. The molecule has 0 aliphatic heterocycles. The quantitative estimate of drug-likeness (QED) is 0.538. The molecule has 116 valence electrons. The zero-order chi connectivity index (χ0) is 15.6. The van der Waals surface area contributed by atoms with Crippen LogP contribution in [0.5, 0.6) is 0 Å². The van der Waals surface area contributed by atoms with Crippen LogP contribution in [0.3, 0.4) is 0 Å². The van der Waals surface area contributed by atoms with E-state index in [-0.39, 0.29) is 11.4 Å². The Balaban J connectivity index is 2.57. The Bertz CT molecular complexity index is 591. The Kier molecular flexibility index (Phi) is 7.93. The molecule has 0 atom stereocenters. The Morgan fingerprint density at radius 3 is 2.86 bits per heavy atom. The monoisotopic (exact) mass is 311 g/mol. The van der Waals surface area contributed by atoms with Gasteiger partial charge in [0.15, 0.2) is 0 Å². The van der Waals surface area contributed by atoms with Crippen LogP contribution in [0.4, 0.5) is 0 Å². The summed E-state index contributed by atoms with van der Waals surface area (Å²) in [6, 6.07) is 1.49. The summed E-state index contributed by atoms with van der Waals surface area (Å²) in [5.41, 5.74) is 5.81. The molecule has 0 aliphatic rings. The summed E-state index contributed by atoms with van der Waals surface area (Å²) in [7, 11) is -1.89. The Hall–Kier alpha value is -1.46. The summed E-state index contributed by atoms with van der Waals surface area (Å²) in [4.78, 5) is 4.01. The van der Waals surface area contributed by atoms with E-state index in [0.29, 0.717) is 18.7 Å². The lowest BCUT2D eigenvalue weighted by Gasteiger charge is -2.06. The predicted molar refractivity (Wildman–Crippen MR) is 81.1 cm³/mol. The van der Waals surface area contributed by atoms with E-state index in [1.54, 1.807) is 7.11 Å². The van der Waals surface area contributed by atoms with E-state index in [1.807, 2.05) is 0 Å². The van der Waals surface area contributed by atoms with Crippen LogP contribution < -0.4 is 10.5 Å². The highest BCUT2D eigenvalue weighted by atomic mass is 32.2. The summed E-state index contributed by atoms with van der Waals surface area (Å²) < 4.78 is 31.7. The molecule has 0 unspecified atom stereocenters. The summed E-state index contributed by atoms with van der Waals surface area (Å²) in [6.07, 6.45) is 5.41. The van der Waals surface area contributed by atoms with Gasteiger partial charge in [-0.3, -0.25) is 4.98 Å². The Morgan fingerprint density at radius 1 is 1.33 bits per heavy atom. The van der Waals surface area contributed by atoms with Crippen molar-refractivity contribution < 1.29 is 13.2 Å². The lowest BCUT2D eigenvalue weighted by atomic mass is 10.2. The number of hydrogen-bond donors (Lipinski definition) is 2. The minimum absolute atomic E-state index is 0.114. The molecule has 0 fully saturated rings. The minimum atomic E-state index is -3.54. The number of nitrogens with one attached hydrogen (secondary N) is 1. The highest BCUT2D eigenvalue weighted by Crippen LogP contribution is 2.09. The first-order chi connectivity index (χ1) is 10.1. The van der Waals surface area contributed by atoms with Gasteiger partial charge in [-0.15, -0.1) is 0 Å². The van der Waals surface area contributed by atoms with E-state index in [9.17, 15) is 8.42 Å². The summed E-state index contributed by atoms with van der Waals surface area (Å²) >= 11 is 0. The second-order valence-corrected chi connectivity index (χ2v) is 6.13. The molecule has 0 spiro atoms. The van der Waals surface area contributed by atoms with Gasteiger partial charge in [0.2, 0.25) is 10.0 Å². The van der Waals surface area contributed by atoms with Crippen LogP contribution in [-0.4, -0.2) is 40.2 Å². The van der Waals surface area contributed by atoms with E-state index in [2.05, 4.69) is 21.5 Å². The molecule has 21 heavy (non-hydrogen) atoms. The van der Waals surface area contributed by atoms with E-state index in [1.165, 1.54) is 18.5 Å². The summed E-state index contributed by atoms with van der Waals surface area (Å²) in [6.45, 7) is 1.31. The van der Waals surface area contributed by atoms with E-state index in [4.69, 9.17) is 10.5 Å². The van der Waals surface area contributed by atoms with Gasteiger partial charge in [-0.25, -0.2) is 13.1 Å². The topological polar surface area (TPSA) is 94.3 Å². The van der Waals surface area contributed by atoms with Crippen molar-refractivity contribution in [2.24, 2.45) is 5.73 Å². The first kappa shape index (κ1) is 17.6. The van der Waals surface area contributed by atoms with Crippen LogP contribution in [-0.2, 0) is 14.8 Å². The van der Waals surface area contributed by atoms with Gasteiger partial charge < -0.3 is 10.5 Å². The van der Waals surface area contributed by atoms with Gasteiger partial charge in [-0.1, -0.05) is 11.8 Å². The van der Waals surface area contributed by atoms with E-state index in [0.717, 1.165) is 19.3 Å². The molecule has 7 heteroatoms. The molecule has 3 N–H and O–H groups in total. The second-order valence-electron chi connectivity index (χ2n) is 4.37. The van der Waals surface area contributed by atoms with Crippen molar-refractivity contribution in [3.8, 4) is 11.8 Å². The van der Waals surface area contributed by atoms with E-state index >= 15 is 0 Å². The fourth-order valence-corrected chi connectivity index (χ4v) is 2.69. The van der Waals surface area contributed by atoms with Gasteiger partial charge >= 0.3 is 0 Å². The first-order valence-corrected chi connectivity index (χ1v) is 8.21. The molecule has 1 rings (SSSR count). The maximum Gasteiger partial charge on any atom is 0.242 e. The van der Waals surface area contributed by atoms with Gasteiger partial charge in [0.1, 0.15) is 4.90 Å². The number of aromatic nitrogens is 1. The van der Waals surface area contributed by atoms with Crippen LogP contribution in [0.1, 0.15) is 24.8 Å². The highest BCUT2D eigenvalue weighted by Gasteiger charge is 2.13. The molecule has 1 heterocycles. The van der Waals surface area contributed by atoms with Crippen molar-refractivity contribution in [3.63, 3.8) is 0 Å². The molecule has 0 saturated heterocycles. The number of ether oxygens (including phenoxy) is 1. The maximum absolute atomic E-state index is 12.1. The number of sulfonamides is 1. The van der Waals surface area contributed by atoms with Gasteiger partial charge in [0.25, 0.3) is 0 Å². The van der Waals surface area contributed by atoms with Gasteiger partial charge in [-0.05, 0) is 25.3 Å². The van der Waals surface area contributed by atoms with Crippen LogP contribution in [0.25, 0.3) is 0 Å². The lowest BCUT2D eigenvalue weighted by molar-refractivity contribution is 0.192. The number of pyridine rings is 1. The number of hydrogen-bond acceptors (Lipinski definition) is 5. The number of nitrogens with zero attached hydrogens (tertiary/aromatic N) is 1. The molecule has 0 aromatic carbocycles. The normalized spacial score (nSPS) is 11.0. The lowest BCUT2D eigenvalue weighted by Crippen LogP contribution is -2.25. The van der Waals surface area contributed by atoms with Gasteiger partial charge in [0, 0.05) is 38.2 Å². The third-order valence-electron chi connectivity index (χ3n) is 2.68. The minimum Gasteiger partial charge on any atom is -0.385 e. The molecule has 6 nitrogen and oxygen atoms in total. The molecule has 0 aliphatic carbocycles. The molecule has 0 bridgehead atoms. The smallest absolute Gasteiger partial charge is 0.242 e. The van der Waals surface area contributed by atoms with Crippen molar-refractivity contribution in [2.75, 3.05) is 26.8 Å². The van der Waals surface area contributed by atoms with E-state index < -0.39 is 10.0 Å². The maximum atomic E-state index is 12.1. The van der Waals surface area contributed by atoms with Gasteiger partial charge in [0.05, 0.1) is 6.54 Å². The van der Waals surface area contributed by atoms with Crippen LogP contribution in [0, 0.1) is 11.8 Å². The Labute approximate surface area is 126 Å². The zero-order valence-electron chi connectivity index (χ0n) is 12.1. The standard InChI is InChI=1S/C14H21N3O3S/c1-20-9-4-2-3-8-17-21(18,19)14-10-13(6-5-7-15)11-16-12-14/h10-12,17H,2-4,7-9,15H2,1H3. The van der Waals surface area contributed by atoms with Crippen molar-refractivity contribution >= 4 is 10.0 Å². The molecule has 1 aromatic rings. The highest BCUT2D eigenvalue weighted by molar-refractivity contribution is 7.89. The van der Waals surface area contributed by atoms with Gasteiger partial charge in [-0.2, -0.15) is 0 Å². The molecule has 0 saturated carbocycles. The average molecular weight is 311 g/mol. The molecular weight excluding hydrogens is 290 g/mol. The first-order valence-electron chi connectivity index (χ1n) is 6.72. The van der Waals surface area contributed by atoms with Crippen molar-refractivity contribution in [2.45, 2.75) is 24.2 Å². The van der Waals surface area contributed by atoms with Crippen LogP contribution >= 0.6 is 0 Å². The van der Waals surface area contributed by atoms with Crippen LogP contribution in [0.2, 0.25) is 0 Å². The van der Waals surface area contributed by atoms with Crippen molar-refractivity contribution in [1.29, 1.82) is 0 Å². The fourth-order valence-electron chi connectivity index (χ4n) is 1.63. The second kappa shape index (κ2) is 9.47. The molecule has 0 radical (unpaired) electrons. The summed E-state index contributed by atoms with van der Waals surface area (Å²) in [5, 5.41) is 0. The number of rotatable bonds is 8. The number of unbranched alkanes of at least 4 members (excludes halogenated alkanes) is 2. The van der Waals surface area contributed by atoms with Crippen molar-refractivity contribution in [3.05, 3.63) is 24.0 Å². The largest absolute Gasteiger partial charge is 0.385 e.